The molecule has 0 radical (unpaired) electrons. The minimum atomic E-state index is -1.38. The van der Waals surface area contributed by atoms with Crippen LogP contribution < -0.4 is 0 Å². The van der Waals surface area contributed by atoms with Gasteiger partial charge in [0.15, 0.2) is 17.0 Å². The summed E-state index contributed by atoms with van der Waals surface area (Å²) in [5.41, 5.74) is 2.92. The number of nitrogens with one attached hydrogen (secondary N) is 1. The molecule has 0 saturated carbocycles. The van der Waals surface area contributed by atoms with Gasteiger partial charge in [0.05, 0.1) is 13.2 Å². The third-order valence-corrected chi connectivity index (χ3v) is 10.6. The number of unbranched alkanes of at least 4 members (excludes halogenated alkanes) is 1. The quantitative estimate of drug-likeness (QED) is 0.0437. The predicted molar refractivity (Wildman–Crippen MR) is 213 cm³/mol. The molecule has 2 fully saturated rings. The van der Waals surface area contributed by atoms with Crippen molar-refractivity contribution in [2.45, 2.75) is 103 Å². The molecule has 2 aliphatic rings. The van der Waals surface area contributed by atoms with E-state index in [0.717, 1.165) is 35.1 Å². The van der Waals surface area contributed by atoms with Gasteiger partial charge in [0.1, 0.15) is 36.8 Å². The van der Waals surface area contributed by atoms with Crippen LogP contribution in [0.4, 0.5) is 4.79 Å². The van der Waals surface area contributed by atoms with Gasteiger partial charge in [-0.15, -0.1) is 30.4 Å². The Hall–Kier alpha value is -5.97. The van der Waals surface area contributed by atoms with E-state index in [2.05, 4.69) is 35.3 Å². The first-order valence-corrected chi connectivity index (χ1v) is 20.3. The van der Waals surface area contributed by atoms with Crippen molar-refractivity contribution >= 4 is 23.7 Å². The molecule has 2 aromatic heterocycles. The minimum absolute atomic E-state index is 0.00232. The summed E-state index contributed by atoms with van der Waals surface area (Å²) in [5, 5.41) is 33.8. The lowest BCUT2D eigenvalue weighted by molar-refractivity contribution is -0.790. The highest BCUT2D eigenvalue weighted by atomic mass is 35.5. The Morgan fingerprint density at radius 2 is 1.73 bits per heavy atom. The lowest BCUT2D eigenvalue weighted by Crippen LogP contribution is -2.36. The number of benzene rings is 2. The first-order valence-electron chi connectivity index (χ1n) is 19.9. The van der Waals surface area contributed by atoms with Gasteiger partial charge in [-0.25, -0.2) is 14.6 Å². The summed E-state index contributed by atoms with van der Waals surface area (Å²) in [4.78, 5) is 61.4. The van der Waals surface area contributed by atoms with Crippen molar-refractivity contribution in [2.75, 3.05) is 26.4 Å². The Balaban J connectivity index is 1.01. The molecule has 6 atom stereocenters. The second-order valence-electron chi connectivity index (χ2n) is 15.4. The number of nitrogens with zero attached hydrogens (tertiary/aromatic N) is 7. The molecule has 2 aromatic carbocycles. The zero-order chi connectivity index (χ0) is 44.4. The molecule has 22 nitrogen and oxygen atoms in total. The number of aromatic amines is 1. The van der Waals surface area contributed by atoms with Crippen LogP contribution in [0, 0.1) is 25.6 Å². The van der Waals surface area contributed by atoms with Crippen molar-refractivity contribution in [3.05, 3.63) is 91.0 Å². The van der Waals surface area contributed by atoms with E-state index in [1.54, 1.807) is 4.57 Å². The number of esters is 1. The molecule has 4 aromatic rings. The number of halogens is 1. The average Bonchev–Trinajstić information content (AvgIpc) is 4.03. The Kier molecular flexibility index (Phi) is 15.2. The Labute approximate surface area is 359 Å². The van der Waals surface area contributed by atoms with Gasteiger partial charge in [-0.05, 0) is 46.6 Å². The largest absolute Gasteiger partial charge is 0.511 e. The number of tetrazole rings is 1. The maximum atomic E-state index is 13.6. The third kappa shape index (κ3) is 11.9. The Morgan fingerprint density at radius 3 is 2.40 bits per heavy atom. The van der Waals surface area contributed by atoms with Gasteiger partial charge in [0, 0.05) is 32.1 Å². The first-order chi connectivity index (χ1) is 29.7. The van der Waals surface area contributed by atoms with E-state index in [9.17, 15) is 29.8 Å². The van der Waals surface area contributed by atoms with Crippen LogP contribution in [0.3, 0.4) is 0 Å². The van der Waals surface area contributed by atoms with Gasteiger partial charge in [-0.1, -0.05) is 87.3 Å². The van der Waals surface area contributed by atoms with Crippen LogP contribution >= 0.6 is 11.6 Å². The summed E-state index contributed by atoms with van der Waals surface area (Å²) in [5.74, 6) is 0.211. The maximum Gasteiger partial charge on any atom is 0.511 e. The highest BCUT2D eigenvalue weighted by molar-refractivity contribution is 6.32. The average molecular weight is 887 g/mol. The number of imidazole rings is 1. The molecule has 4 heterocycles. The number of ether oxygens (including phenoxy) is 6. The van der Waals surface area contributed by atoms with Crippen molar-refractivity contribution in [3.63, 3.8) is 0 Å². The van der Waals surface area contributed by atoms with Gasteiger partial charge >= 0.3 is 12.1 Å². The van der Waals surface area contributed by atoms with E-state index >= 15 is 0 Å². The smallest absolute Gasteiger partial charge is 0.426 e. The SMILES string of the molecule is CCCCc1nc(Cl)c(C(=O)OC(C)OC(=O)O[C@H]2COC3C2OC[C@@H]3OCCC(C)(C)C[C@@H](CO[N+](=O)[O-])O[N+](=O)[O-])n1Cc1ccc(-c2ccccc2-c2nn[nH]n2)cc1. The first kappa shape index (κ1) is 45.6. The fraction of sp³-hybridized carbons (Fsp3) is 0.538. The van der Waals surface area contributed by atoms with Crippen LogP contribution in [-0.2, 0) is 51.1 Å². The normalized spacial score (nSPS) is 19.3. The summed E-state index contributed by atoms with van der Waals surface area (Å²) in [7, 11) is 0. The summed E-state index contributed by atoms with van der Waals surface area (Å²) in [6.45, 7) is 6.99. The highest BCUT2D eigenvalue weighted by Crippen LogP contribution is 2.34. The van der Waals surface area contributed by atoms with E-state index in [-0.39, 0.29) is 43.6 Å². The second kappa shape index (κ2) is 20.7. The van der Waals surface area contributed by atoms with Crippen LogP contribution in [0.1, 0.15) is 75.3 Å². The molecule has 0 amide bonds. The second-order valence-corrected chi connectivity index (χ2v) is 15.8. The van der Waals surface area contributed by atoms with Crippen molar-refractivity contribution in [2.24, 2.45) is 5.41 Å². The van der Waals surface area contributed by atoms with Gasteiger partial charge in [-0.2, -0.15) is 5.21 Å². The number of carbonyl (C=O) groups excluding carboxylic acids is 2. The minimum Gasteiger partial charge on any atom is -0.426 e. The van der Waals surface area contributed by atoms with Gasteiger partial charge < -0.3 is 42.7 Å². The molecule has 0 aliphatic carbocycles. The molecule has 334 valence electrons. The number of fused-ring (bicyclic) bond motifs is 1. The molecule has 6 rings (SSSR count). The van der Waals surface area contributed by atoms with E-state index in [4.69, 9.17) is 40.0 Å². The number of aromatic nitrogens is 6. The molecule has 62 heavy (non-hydrogen) atoms. The lowest BCUT2D eigenvalue weighted by atomic mass is 9.84. The predicted octanol–water partition coefficient (Wildman–Crippen LogP) is 5.57. The molecular formula is C39H47ClN8O14. The fourth-order valence-electron chi connectivity index (χ4n) is 7.32. The topological polar surface area (TPSA) is 267 Å². The summed E-state index contributed by atoms with van der Waals surface area (Å²) >= 11 is 6.56. The number of hydrogen-bond donors (Lipinski definition) is 1. The van der Waals surface area contributed by atoms with Gasteiger partial charge in [0.25, 0.3) is 10.2 Å². The van der Waals surface area contributed by atoms with Crippen LogP contribution in [0.25, 0.3) is 22.5 Å². The van der Waals surface area contributed by atoms with E-state index in [0.29, 0.717) is 24.5 Å². The number of aryl methyl sites for hydroxylation is 1. The maximum absolute atomic E-state index is 13.6. The zero-order valence-corrected chi connectivity index (χ0v) is 35.1. The zero-order valence-electron chi connectivity index (χ0n) is 34.4. The third-order valence-electron chi connectivity index (χ3n) is 10.3. The van der Waals surface area contributed by atoms with E-state index in [1.165, 1.54) is 6.92 Å². The highest BCUT2D eigenvalue weighted by Gasteiger charge is 2.50. The molecule has 2 saturated heterocycles. The number of hydrogen-bond acceptors (Lipinski definition) is 18. The van der Waals surface area contributed by atoms with Crippen molar-refractivity contribution in [1.82, 2.24) is 30.2 Å². The van der Waals surface area contributed by atoms with Crippen LogP contribution in [0.15, 0.2) is 48.5 Å². The Morgan fingerprint density at radius 1 is 1.02 bits per heavy atom. The molecule has 3 unspecified atom stereocenters. The molecule has 0 bridgehead atoms. The van der Waals surface area contributed by atoms with Crippen LogP contribution in [0.5, 0.6) is 0 Å². The molecule has 23 heteroatoms. The number of carbonyl (C=O) groups is 2. The van der Waals surface area contributed by atoms with E-state index in [1.807, 2.05) is 69.3 Å². The molecular weight excluding hydrogens is 840 g/mol. The lowest BCUT2D eigenvalue weighted by Gasteiger charge is -2.29. The monoisotopic (exact) mass is 886 g/mol. The van der Waals surface area contributed by atoms with Gasteiger partial charge in [0.2, 0.25) is 12.1 Å². The summed E-state index contributed by atoms with van der Waals surface area (Å²) in [6.07, 6.45) is -3.54. The summed E-state index contributed by atoms with van der Waals surface area (Å²) in [6, 6.07) is 15.5. The molecule has 1 N–H and O–H groups in total. The summed E-state index contributed by atoms with van der Waals surface area (Å²) < 4.78 is 35.8. The van der Waals surface area contributed by atoms with Crippen molar-refractivity contribution < 1.29 is 57.9 Å². The molecule has 2 aliphatic heterocycles. The molecule has 0 spiro atoms. The van der Waals surface area contributed by atoms with Gasteiger partial charge in [-0.3, -0.25) is 0 Å². The van der Waals surface area contributed by atoms with E-state index < -0.39 is 71.1 Å². The fourth-order valence-corrected chi connectivity index (χ4v) is 7.60. The van der Waals surface area contributed by atoms with Crippen LogP contribution in [0.2, 0.25) is 5.15 Å². The Bertz CT molecular complexity index is 2150. The van der Waals surface area contributed by atoms with Crippen molar-refractivity contribution in [3.8, 4) is 22.5 Å². The number of rotatable bonds is 22. The standard InChI is InChI=1S/C39H47ClN8O14/c1-5-6-11-31-41-35(40)32(46(31)19-24-12-14-25(15-13-24)27-9-7-8-10-28(27)36-42-44-45-43-36)37(49)59-23(2)60-38(50)61-30-22-57-33-29(21-56-34(30)33)55-17-16-39(3,4)18-26(62-48(53)54)20-58-47(51)52/h7-10,12-15,23,26,29-30,33-34H,5-6,11,16-22H2,1-4H3,(H,42,43,44,45)/t23?,26-,29-,30-,33?,34?/m0/s1. The van der Waals surface area contributed by atoms with Crippen molar-refractivity contribution in [1.29, 1.82) is 0 Å². The van der Waals surface area contributed by atoms with Crippen LogP contribution in [-0.4, -0.2) is 116 Å². The number of H-pyrrole nitrogens is 1.